The van der Waals surface area contributed by atoms with E-state index in [1.54, 1.807) is 0 Å². The van der Waals surface area contributed by atoms with E-state index < -0.39 is 12.6 Å². The highest BCUT2D eigenvalue weighted by molar-refractivity contribution is 5.21. The molecule has 1 aromatic rings. The molecule has 0 amide bonds. The van der Waals surface area contributed by atoms with Gasteiger partial charge in [-0.05, 0) is 0 Å². The van der Waals surface area contributed by atoms with Gasteiger partial charge in [0.15, 0.2) is 0 Å². The average Bonchev–Trinajstić information content (AvgIpc) is 2.62. The number of aromatic amines is 1. The molecule has 0 fully saturated rings. The first-order valence-corrected chi connectivity index (χ1v) is 4.84. The highest BCUT2D eigenvalue weighted by Crippen LogP contribution is 2.21. The number of fused-ring (bicyclic) bond motifs is 1. The largest absolute Gasteiger partial charge is 0.389 e. The van der Waals surface area contributed by atoms with Gasteiger partial charge in [-0.2, -0.15) is 13.2 Å². The van der Waals surface area contributed by atoms with Gasteiger partial charge in [-0.3, -0.25) is 4.79 Å². The number of nitrogens with one attached hydrogen (secondary N) is 2. The van der Waals surface area contributed by atoms with Crippen molar-refractivity contribution in [1.29, 1.82) is 0 Å². The molecule has 88 valence electrons. The quantitative estimate of drug-likeness (QED) is 0.796. The molecule has 0 saturated heterocycles. The Balaban J connectivity index is 2.18. The number of H-pyrrole nitrogens is 1. The van der Waals surface area contributed by atoms with Crippen LogP contribution in [0.4, 0.5) is 13.2 Å². The van der Waals surface area contributed by atoms with Gasteiger partial charge in [-0.1, -0.05) is 0 Å². The van der Waals surface area contributed by atoms with E-state index in [0.29, 0.717) is 24.3 Å². The maximum Gasteiger partial charge on any atom is 0.389 e. The minimum atomic E-state index is -4.23. The van der Waals surface area contributed by atoms with Gasteiger partial charge in [0.1, 0.15) is 5.82 Å². The van der Waals surface area contributed by atoms with E-state index >= 15 is 0 Å². The highest BCUT2D eigenvalue weighted by atomic mass is 19.4. The summed E-state index contributed by atoms with van der Waals surface area (Å²) < 4.78 is 36.0. The third kappa shape index (κ3) is 2.41. The van der Waals surface area contributed by atoms with Crippen LogP contribution < -0.4 is 10.9 Å². The number of halogens is 3. The number of aryl methyl sites for hydroxylation is 1. The fourth-order valence-corrected chi connectivity index (χ4v) is 1.61. The summed E-state index contributed by atoms with van der Waals surface area (Å²) in [4.78, 5) is 17.8. The molecule has 1 aliphatic heterocycles. The summed E-state index contributed by atoms with van der Waals surface area (Å²) in [5, 5.41) is 2.92. The summed E-state index contributed by atoms with van der Waals surface area (Å²) >= 11 is 0. The standard InChI is InChI=1S/C9H10F3N3O/c10-9(11,12)2-1-7-14-6-4-13-3-5(6)8(16)15-7/h13H,1-4H2,(H,14,15,16). The van der Waals surface area contributed by atoms with Crippen LogP contribution in [0.2, 0.25) is 0 Å². The Morgan fingerprint density at radius 2 is 2.06 bits per heavy atom. The lowest BCUT2D eigenvalue weighted by atomic mass is 10.2. The van der Waals surface area contributed by atoms with Crippen LogP contribution in [-0.2, 0) is 19.5 Å². The SMILES string of the molecule is O=c1[nH]c(CCC(F)(F)F)nc2c1CNC2. The zero-order valence-corrected chi connectivity index (χ0v) is 8.32. The molecule has 0 atom stereocenters. The van der Waals surface area contributed by atoms with E-state index in [1.807, 2.05) is 0 Å². The molecular formula is C9H10F3N3O. The Labute approximate surface area is 88.9 Å². The second-order valence-corrected chi connectivity index (χ2v) is 3.66. The van der Waals surface area contributed by atoms with Crippen molar-refractivity contribution in [3.63, 3.8) is 0 Å². The van der Waals surface area contributed by atoms with Crippen molar-refractivity contribution < 1.29 is 13.2 Å². The Morgan fingerprint density at radius 1 is 1.31 bits per heavy atom. The van der Waals surface area contributed by atoms with Crippen LogP contribution >= 0.6 is 0 Å². The zero-order chi connectivity index (χ0) is 11.8. The van der Waals surface area contributed by atoms with Gasteiger partial charge in [0.05, 0.1) is 17.7 Å². The number of aromatic nitrogens is 2. The van der Waals surface area contributed by atoms with E-state index in [4.69, 9.17) is 0 Å². The maximum absolute atomic E-state index is 12.0. The molecule has 16 heavy (non-hydrogen) atoms. The molecule has 0 radical (unpaired) electrons. The lowest BCUT2D eigenvalue weighted by Crippen LogP contribution is -2.19. The van der Waals surface area contributed by atoms with E-state index in [0.717, 1.165) is 0 Å². The molecule has 4 nitrogen and oxygen atoms in total. The average molecular weight is 233 g/mol. The molecule has 2 N–H and O–H groups in total. The molecule has 7 heteroatoms. The van der Waals surface area contributed by atoms with Crippen molar-refractivity contribution >= 4 is 0 Å². The van der Waals surface area contributed by atoms with E-state index in [-0.39, 0.29) is 17.8 Å². The third-order valence-corrected chi connectivity index (χ3v) is 2.39. The van der Waals surface area contributed by atoms with Crippen LogP contribution in [0.3, 0.4) is 0 Å². The highest BCUT2D eigenvalue weighted by Gasteiger charge is 2.27. The molecule has 0 aromatic carbocycles. The number of alkyl halides is 3. The molecule has 0 bridgehead atoms. The molecule has 1 aliphatic rings. The Morgan fingerprint density at radius 3 is 2.75 bits per heavy atom. The van der Waals surface area contributed by atoms with Crippen molar-refractivity contribution in [2.24, 2.45) is 0 Å². The summed E-state index contributed by atoms with van der Waals surface area (Å²) in [6, 6.07) is 0. The number of nitrogens with zero attached hydrogens (tertiary/aromatic N) is 1. The summed E-state index contributed by atoms with van der Waals surface area (Å²) in [6.45, 7) is 0.871. The molecule has 0 saturated carbocycles. The van der Waals surface area contributed by atoms with Crippen molar-refractivity contribution in [2.45, 2.75) is 32.1 Å². The molecule has 0 unspecified atom stereocenters. The first-order chi connectivity index (χ1) is 7.46. The maximum atomic E-state index is 12.0. The third-order valence-electron chi connectivity index (χ3n) is 2.39. The summed E-state index contributed by atoms with van der Waals surface area (Å²) in [7, 11) is 0. The molecule has 0 spiro atoms. The molecule has 1 aromatic heterocycles. The molecule has 2 heterocycles. The van der Waals surface area contributed by atoms with Crippen LogP contribution in [0.1, 0.15) is 23.5 Å². The van der Waals surface area contributed by atoms with Gasteiger partial charge in [0.2, 0.25) is 0 Å². The van der Waals surface area contributed by atoms with E-state index in [1.165, 1.54) is 0 Å². The zero-order valence-electron chi connectivity index (χ0n) is 8.32. The first kappa shape index (κ1) is 11.1. The summed E-state index contributed by atoms with van der Waals surface area (Å²) in [5.41, 5.74) is 0.740. The van der Waals surface area contributed by atoms with Gasteiger partial charge in [0.25, 0.3) is 5.56 Å². The van der Waals surface area contributed by atoms with Crippen LogP contribution in [0.15, 0.2) is 4.79 Å². The van der Waals surface area contributed by atoms with Crippen molar-refractivity contribution in [2.75, 3.05) is 0 Å². The van der Waals surface area contributed by atoms with Crippen LogP contribution in [-0.4, -0.2) is 16.1 Å². The van der Waals surface area contributed by atoms with Gasteiger partial charge in [0, 0.05) is 19.5 Å². The fourth-order valence-electron chi connectivity index (χ4n) is 1.61. The first-order valence-electron chi connectivity index (χ1n) is 4.84. The minimum Gasteiger partial charge on any atom is -0.310 e. The summed E-state index contributed by atoms with van der Waals surface area (Å²) in [5.74, 6) is 0.102. The van der Waals surface area contributed by atoms with E-state index in [9.17, 15) is 18.0 Å². The second kappa shape index (κ2) is 3.89. The van der Waals surface area contributed by atoms with Gasteiger partial charge < -0.3 is 10.3 Å². The van der Waals surface area contributed by atoms with Gasteiger partial charge in [-0.25, -0.2) is 4.98 Å². The molecular weight excluding hydrogens is 223 g/mol. The Hall–Kier alpha value is -1.37. The van der Waals surface area contributed by atoms with Crippen molar-refractivity contribution in [3.8, 4) is 0 Å². The van der Waals surface area contributed by atoms with E-state index in [2.05, 4.69) is 15.3 Å². The summed E-state index contributed by atoms with van der Waals surface area (Å²) in [6.07, 6.45) is -5.48. The number of rotatable bonds is 2. The number of hydrogen-bond donors (Lipinski definition) is 2. The topological polar surface area (TPSA) is 57.8 Å². The molecule has 0 aliphatic carbocycles. The minimum absolute atomic E-state index is 0.102. The van der Waals surface area contributed by atoms with Crippen LogP contribution in [0, 0.1) is 0 Å². The normalized spacial score (nSPS) is 15.2. The van der Waals surface area contributed by atoms with Crippen molar-refractivity contribution in [3.05, 3.63) is 27.4 Å². The lowest BCUT2D eigenvalue weighted by molar-refractivity contribution is -0.134. The number of hydrogen-bond acceptors (Lipinski definition) is 3. The van der Waals surface area contributed by atoms with Crippen LogP contribution in [0.25, 0.3) is 0 Å². The fraction of sp³-hybridized carbons (Fsp3) is 0.556. The Bertz CT molecular complexity index is 452. The Kier molecular flexibility index (Phi) is 2.71. The monoisotopic (exact) mass is 233 g/mol. The smallest absolute Gasteiger partial charge is 0.310 e. The van der Waals surface area contributed by atoms with Gasteiger partial charge in [-0.15, -0.1) is 0 Å². The molecule has 2 rings (SSSR count). The van der Waals surface area contributed by atoms with Crippen molar-refractivity contribution in [1.82, 2.24) is 15.3 Å². The lowest BCUT2D eigenvalue weighted by Gasteiger charge is -2.06. The van der Waals surface area contributed by atoms with Gasteiger partial charge >= 0.3 is 6.18 Å². The predicted molar refractivity (Wildman–Crippen MR) is 49.8 cm³/mol. The van der Waals surface area contributed by atoms with Crippen LogP contribution in [0.5, 0.6) is 0 Å². The predicted octanol–water partition coefficient (Wildman–Crippen LogP) is 0.868. The second-order valence-electron chi connectivity index (χ2n) is 3.66.